The largest absolute Gasteiger partial charge is 0.508 e. The lowest BCUT2D eigenvalue weighted by atomic mass is 9.95. The van der Waals surface area contributed by atoms with Gasteiger partial charge in [0.1, 0.15) is 35.6 Å². The molecule has 7 rings (SSSR count). The maximum Gasteiger partial charge on any atom is 0.317 e. The van der Waals surface area contributed by atoms with E-state index in [0.29, 0.717) is 39.9 Å². The summed E-state index contributed by atoms with van der Waals surface area (Å²) in [6, 6.07) is 12.3. The van der Waals surface area contributed by atoms with Crippen LogP contribution in [-0.4, -0.2) is 56.4 Å². The summed E-state index contributed by atoms with van der Waals surface area (Å²) in [4.78, 5) is 15.5. The average molecular weight is 591 g/mol. The van der Waals surface area contributed by atoms with Gasteiger partial charge in [-0.2, -0.15) is 9.97 Å². The van der Waals surface area contributed by atoms with Crippen LogP contribution in [0.3, 0.4) is 0 Å². The molecule has 0 bridgehead atoms. The van der Waals surface area contributed by atoms with Gasteiger partial charge in [0.05, 0.1) is 16.3 Å². The number of phenolic OH excluding ortho intramolecular Hbond substituents is 1. The maximum absolute atomic E-state index is 16.5. The minimum atomic E-state index is -0.937. The van der Waals surface area contributed by atoms with Crippen molar-refractivity contribution < 1.29 is 23.0 Å². The fraction of sp³-hybridized carbons (Fsp3) is 0.281. The van der Waals surface area contributed by atoms with E-state index in [1.165, 1.54) is 30.5 Å². The second kappa shape index (κ2) is 10.1. The Labute approximate surface area is 244 Å². The fourth-order valence-electron chi connectivity index (χ4n) is 6.49. The molecule has 1 N–H and O–H groups in total. The highest BCUT2D eigenvalue weighted by Crippen LogP contribution is 2.42. The van der Waals surface area contributed by atoms with E-state index in [1.807, 2.05) is 13.0 Å². The van der Waals surface area contributed by atoms with Crippen LogP contribution in [-0.2, 0) is 0 Å². The highest BCUT2D eigenvalue weighted by Gasteiger charge is 2.49. The molecular formula is C32H26ClF3N4O2. The molecule has 0 amide bonds. The Kier molecular flexibility index (Phi) is 6.47. The standard InChI is InChI=1S/C32H26ClF3N4O2/c1-17-6-7-18-11-22(41)12-23(25(18)26(17)33)29-27(36)30-24(14-37-29)28(19-4-2-5-20(34)10-19)38-31(39-30)42-16-32-8-3-9-40(32)15-21(35)13-32/h2,4-7,10-12,14,21,41H,3,8-9,13,15-16H2,1H3/t21-,32+/m1/s1. The van der Waals surface area contributed by atoms with Crippen molar-refractivity contribution >= 4 is 33.3 Å². The van der Waals surface area contributed by atoms with E-state index in [4.69, 9.17) is 16.3 Å². The van der Waals surface area contributed by atoms with Crippen molar-refractivity contribution in [2.24, 2.45) is 0 Å². The number of pyridine rings is 1. The van der Waals surface area contributed by atoms with Crippen LogP contribution in [0.25, 0.3) is 44.2 Å². The van der Waals surface area contributed by atoms with Gasteiger partial charge in [-0.25, -0.2) is 13.2 Å². The predicted octanol–water partition coefficient (Wildman–Crippen LogP) is 7.41. The Morgan fingerprint density at radius 2 is 1.98 bits per heavy atom. The molecular weight excluding hydrogens is 565 g/mol. The number of rotatable bonds is 5. The summed E-state index contributed by atoms with van der Waals surface area (Å²) in [6.45, 7) is 3.14. The van der Waals surface area contributed by atoms with Gasteiger partial charge in [-0.3, -0.25) is 9.88 Å². The second-order valence-corrected chi connectivity index (χ2v) is 11.6. The summed E-state index contributed by atoms with van der Waals surface area (Å²) in [6.07, 6.45) is 2.56. The lowest BCUT2D eigenvalue weighted by molar-refractivity contribution is 0.107. The van der Waals surface area contributed by atoms with E-state index >= 15 is 4.39 Å². The van der Waals surface area contributed by atoms with Crippen LogP contribution in [0, 0.1) is 18.6 Å². The van der Waals surface area contributed by atoms with Gasteiger partial charge in [-0.1, -0.05) is 35.9 Å². The molecule has 0 unspecified atom stereocenters. The summed E-state index contributed by atoms with van der Waals surface area (Å²) in [5.74, 6) is -1.33. The summed E-state index contributed by atoms with van der Waals surface area (Å²) in [5, 5.41) is 12.3. The number of hydrogen-bond acceptors (Lipinski definition) is 6. The van der Waals surface area contributed by atoms with E-state index in [1.54, 1.807) is 18.2 Å². The van der Waals surface area contributed by atoms with Crippen molar-refractivity contribution in [1.29, 1.82) is 0 Å². The maximum atomic E-state index is 16.5. The van der Waals surface area contributed by atoms with Gasteiger partial charge in [0.2, 0.25) is 0 Å². The fourth-order valence-corrected chi connectivity index (χ4v) is 6.76. The molecule has 2 fully saturated rings. The number of halogens is 4. The summed E-state index contributed by atoms with van der Waals surface area (Å²) >= 11 is 6.66. The van der Waals surface area contributed by atoms with Crippen molar-refractivity contribution in [2.45, 2.75) is 37.9 Å². The van der Waals surface area contributed by atoms with Gasteiger partial charge in [-0.15, -0.1) is 0 Å². The summed E-state index contributed by atoms with van der Waals surface area (Å²) in [7, 11) is 0. The molecule has 2 aromatic heterocycles. The molecule has 3 aromatic carbocycles. The first kappa shape index (κ1) is 26.9. The Morgan fingerprint density at radius 1 is 1.12 bits per heavy atom. The van der Waals surface area contributed by atoms with Crippen molar-refractivity contribution in [2.75, 3.05) is 19.7 Å². The number of hydrogen-bond donors (Lipinski definition) is 1. The number of phenols is 1. The number of nitrogens with zero attached hydrogens (tertiary/aromatic N) is 4. The summed E-state index contributed by atoms with van der Waals surface area (Å²) in [5.41, 5.74) is 1.11. The van der Waals surface area contributed by atoms with Gasteiger partial charge in [0.25, 0.3) is 0 Å². The van der Waals surface area contributed by atoms with E-state index in [9.17, 15) is 13.9 Å². The number of ether oxygens (including phenoxy) is 1. The van der Waals surface area contributed by atoms with Gasteiger partial charge in [0.15, 0.2) is 5.82 Å². The predicted molar refractivity (Wildman–Crippen MR) is 156 cm³/mol. The normalized spacial score (nSPS) is 20.5. The number of alkyl halides is 1. The molecule has 0 saturated carbocycles. The molecule has 214 valence electrons. The highest BCUT2D eigenvalue weighted by molar-refractivity contribution is 6.37. The minimum absolute atomic E-state index is 0.0673. The Hall–Kier alpha value is -3.95. The van der Waals surface area contributed by atoms with Crippen LogP contribution in [0.1, 0.15) is 24.8 Å². The number of aromatic nitrogens is 3. The van der Waals surface area contributed by atoms with Crippen LogP contribution in [0.2, 0.25) is 5.02 Å². The smallest absolute Gasteiger partial charge is 0.317 e. The van der Waals surface area contributed by atoms with Crippen LogP contribution < -0.4 is 4.74 Å². The number of aromatic hydroxyl groups is 1. The minimum Gasteiger partial charge on any atom is -0.508 e. The van der Waals surface area contributed by atoms with Gasteiger partial charge in [0, 0.05) is 41.1 Å². The van der Waals surface area contributed by atoms with Crippen molar-refractivity contribution in [1.82, 2.24) is 19.9 Å². The molecule has 2 atom stereocenters. The Balaban J connectivity index is 1.41. The van der Waals surface area contributed by atoms with Crippen LogP contribution in [0.15, 0.2) is 54.7 Å². The molecule has 0 radical (unpaired) electrons. The molecule has 6 nitrogen and oxygen atoms in total. The molecule has 4 heterocycles. The lowest BCUT2D eigenvalue weighted by Crippen LogP contribution is -2.43. The third-order valence-electron chi connectivity index (χ3n) is 8.48. The summed E-state index contributed by atoms with van der Waals surface area (Å²) < 4.78 is 51.3. The average Bonchev–Trinajstić information content (AvgIpc) is 3.49. The lowest BCUT2D eigenvalue weighted by Gasteiger charge is -2.30. The molecule has 2 aliphatic rings. The first-order chi connectivity index (χ1) is 20.2. The zero-order chi connectivity index (χ0) is 29.2. The van der Waals surface area contributed by atoms with Crippen molar-refractivity contribution in [3.8, 4) is 34.3 Å². The molecule has 5 aromatic rings. The number of aryl methyl sites for hydroxylation is 1. The topological polar surface area (TPSA) is 71.4 Å². The molecule has 0 spiro atoms. The van der Waals surface area contributed by atoms with Crippen LogP contribution in [0.5, 0.6) is 11.8 Å². The first-order valence-corrected chi connectivity index (χ1v) is 14.2. The van der Waals surface area contributed by atoms with Crippen molar-refractivity contribution in [3.05, 3.63) is 76.9 Å². The Morgan fingerprint density at radius 3 is 2.81 bits per heavy atom. The van der Waals surface area contributed by atoms with E-state index in [0.717, 1.165) is 24.9 Å². The van der Waals surface area contributed by atoms with E-state index in [2.05, 4.69) is 19.9 Å². The SMILES string of the molecule is Cc1ccc2cc(O)cc(-c3ncc4c(-c5cccc(F)c5)nc(OC[C@@]56CCCN5C[C@H](F)C6)nc4c3F)c2c1Cl. The quantitative estimate of drug-likeness (QED) is 0.230. The van der Waals surface area contributed by atoms with Crippen LogP contribution >= 0.6 is 11.6 Å². The van der Waals surface area contributed by atoms with Gasteiger partial charge < -0.3 is 9.84 Å². The third kappa shape index (κ3) is 4.42. The van der Waals surface area contributed by atoms with Gasteiger partial charge in [-0.05, 0) is 61.5 Å². The monoisotopic (exact) mass is 590 g/mol. The number of fused-ring (bicyclic) bond motifs is 3. The molecule has 2 aliphatic heterocycles. The number of benzene rings is 3. The van der Waals surface area contributed by atoms with E-state index < -0.39 is 23.3 Å². The highest BCUT2D eigenvalue weighted by atomic mass is 35.5. The zero-order valence-electron chi connectivity index (χ0n) is 22.7. The van der Waals surface area contributed by atoms with Crippen molar-refractivity contribution in [3.63, 3.8) is 0 Å². The molecule has 10 heteroatoms. The first-order valence-electron chi connectivity index (χ1n) is 13.8. The second-order valence-electron chi connectivity index (χ2n) is 11.2. The molecule has 42 heavy (non-hydrogen) atoms. The van der Waals surface area contributed by atoms with Crippen LogP contribution in [0.4, 0.5) is 13.2 Å². The molecule has 2 saturated heterocycles. The molecule has 0 aliphatic carbocycles. The zero-order valence-corrected chi connectivity index (χ0v) is 23.4. The van der Waals surface area contributed by atoms with Gasteiger partial charge >= 0.3 is 6.01 Å². The van der Waals surface area contributed by atoms with E-state index in [-0.39, 0.29) is 40.7 Å². The Bertz CT molecular complexity index is 1890. The third-order valence-corrected chi connectivity index (χ3v) is 8.97.